The topological polar surface area (TPSA) is 36.9 Å². The number of hydrogen-bond donors (Lipinski definition) is 0. The van der Waals surface area contributed by atoms with Crippen LogP contribution in [0, 0.1) is 0 Å². The smallest absolute Gasteiger partial charge is 0.163 e. The second-order valence-electron chi connectivity index (χ2n) is 6.71. The second kappa shape index (κ2) is 9.58. The number of rotatable bonds is 10. The lowest BCUT2D eigenvalue weighted by molar-refractivity contribution is -0.160. The van der Waals surface area contributed by atoms with Gasteiger partial charge in [-0.05, 0) is 33.1 Å². The van der Waals surface area contributed by atoms with Gasteiger partial charge in [-0.2, -0.15) is 0 Å². The molecular formula is C17H31BrO4. The molecule has 2 aliphatic rings. The summed E-state index contributed by atoms with van der Waals surface area (Å²) >= 11 is 3.47. The fourth-order valence-electron chi connectivity index (χ4n) is 3.13. The SMILES string of the molecule is CC1(C)OCC(C2OCC[C@H]2OCCCCCCCCBr)O1. The molecule has 0 aliphatic carbocycles. The molecule has 0 spiro atoms. The Morgan fingerprint density at radius 1 is 1.09 bits per heavy atom. The summed E-state index contributed by atoms with van der Waals surface area (Å²) in [5.41, 5.74) is 0. The van der Waals surface area contributed by atoms with Crippen molar-refractivity contribution in [2.24, 2.45) is 0 Å². The van der Waals surface area contributed by atoms with Gasteiger partial charge in [0.2, 0.25) is 0 Å². The molecule has 2 unspecified atom stereocenters. The molecule has 0 saturated carbocycles. The van der Waals surface area contributed by atoms with Crippen LogP contribution in [0.4, 0.5) is 0 Å². The Balaban J connectivity index is 1.57. The molecule has 0 radical (unpaired) electrons. The lowest BCUT2D eigenvalue weighted by Gasteiger charge is -2.25. The van der Waals surface area contributed by atoms with Crippen LogP contribution in [0.2, 0.25) is 0 Å². The minimum atomic E-state index is -0.490. The first kappa shape index (κ1) is 18.7. The summed E-state index contributed by atoms with van der Waals surface area (Å²) < 4.78 is 23.4. The number of alkyl halides is 1. The van der Waals surface area contributed by atoms with E-state index in [4.69, 9.17) is 18.9 Å². The van der Waals surface area contributed by atoms with E-state index < -0.39 is 5.79 Å². The van der Waals surface area contributed by atoms with Crippen molar-refractivity contribution in [3.8, 4) is 0 Å². The summed E-state index contributed by atoms with van der Waals surface area (Å²) in [4.78, 5) is 0. The second-order valence-corrected chi connectivity index (χ2v) is 7.50. The molecule has 0 amide bonds. The number of ether oxygens (including phenoxy) is 4. The van der Waals surface area contributed by atoms with Crippen molar-refractivity contribution >= 4 is 15.9 Å². The van der Waals surface area contributed by atoms with Crippen LogP contribution in [0.25, 0.3) is 0 Å². The van der Waals surface area contributed by atoms with Gasteiger partial charge in [-0.15, -0.1) is 0 Å². The van der Waals surface area contributed by atoms with E-state index in [1.54, 1.807) is 0 Å². The first-order valence-corrected chi connectivity index (χ1v) is 9.85. The summed E-state index contributed by atoms with van der Waals surface area (Å²) in [6.07, 6.45) is 8.84. The average molecular weight is 379 g/mol. The summed E-state index contributed by atoms with van der Waals surface area (Å²) in [6, 6.07) is 0. The third-order valence-corrected chi connectivity index (χ3v) is 4.90. The predicted octanol–water partition coefficient (Wildman–Crippen LogP) is 4.05. The van der Waals surface area contributed by atoms with Crippen LogP contribution in [0.15, 0.2) is 0 Å². The molecule has 0 bridgehead atoms. The van der Waals surface area contributed by atoms with Crippen molar-refractivity contribution < 1.29 is 18.9 Å². The van der Waals surface area contributed by atoms with Crippen molar-refractivity contribution in [1.82, 2.24) is 0 Å². The quantitative estimate of drug-likeness (QED) is 0.424. The number of hydrogen-bond acceptors (Lipinski definition) is 4. The fourth-order valence-corrected chi connectivity index (χ4v) is 3.53. The lowest BCUT2D eigenvalue weighted by Crippen LogP contribution is -2.38. The van der Waals surface area contributed by atoms with Crippen molar-refractivity contribution in [3.63, 3.8) is 0 Å². The highest BCUT2D eigenvalue weighted by atomic mass is 79.9. The van der Waals surface area contributed by atoms with E-state index in [0.29, 0.717) is 6.61 Å². The van der Waals surface area contributed by atoms with E-state index in [0.717, 1.165) is 31.4 Å². The molecule has 2 aliphatic heterocycles. The molecule has 130 valence electrons. The zero-order chi connectivity index (χ0) is 15.8. The standard InChI is InChI=1S/C17H31BrO4/c1-17(2)21-13-15(22-17)16-14(9-12-20-16)19-11-8-6-4-3-5-7-10-18/h14-16H,3-13H2,1-2H3/t14-,15?,16?/m1/s1. The van der Waals surface area contributed by atoms with E-state index in [2.05, 4.69) is 15.9 Å². The minimum Gasteiger partial charge on any atom is -0.375 e. The maximum absolute atomic E-state index is 6.06. The Kier molecular flexibility index (Phi) is 8.12. The Labute approximate surface area is 143 Å². The van der Waals surface area contributed by atoms with Crippen molar-refractivity contribution in [2.75, 3.05) is 25.2 Å². The highest BCUT2D eigenvalue weighted by Gasteiger charge is 2.43. The van der Waals surface area contributed by atoms with Crippen molar-refractivity contribution in [2.45, 2.75) is 82.9 Å². The van der Waals surface area contributed by atoms with Crippen molar-refractivity contribution in [3.05, 3.63) is 0 Å². The first-order valence-electron chi connectivity index (χ1n) is 8.73. The summed E-state index contributed by atoms with van der Waals surface area (Å²) in [5.74, 6) is -0.490. The molecular weight excluding hydrogens is 348 g/mol. The largest absolute Gasteiger partial charge is 0.375 e. The molecule has 2 saturated heterocycles. The monoisotopic (exact) mass is 378 g/mol. The van der Waals surface area contributed by atoms with Gasteiger partial charge >= 0.3 is 0 Å². The first-order chi connectivity index (χ1) is 10.6. The Morgan fingerprint density at radius 3 is 2.50 bits per heavy atom. The van der Waals surface area contributed by atoms with Gasteiger partial charge in [0, 0.05) is 18.5 Å². The Morgan fingerprint density at radius 2 is 1.82 bits per heavy atom. The Bertz CT molecular complexity index is 311. The van der Waals surface area contributed by atoms with Gasteiger partial charge in [0.1, 0.15) is 12.2 Å². The zero-order valence-corrected chi connectivity index (χ0v) is 15.6. The normalized spacial score (nSPS) is 31.0. The van der Waals surface area contributed by atoms with Crippen LogP contribution in [-0.4, -0.2) is 49.2 Å². The van der Waals surface area contributed by atoms with Crippen LogP contribution in [0.1, 0.15) is 58.8 Å². The van der Waals surface area contributed by atoms with Crippen LogP contribution >= 0.6 is 15.9 Å². The van der Waals surface area contributed by atoms with Gasteiger partial charge in [0.05, 0.1) is 12.7 Å². The van der Waals surface area contributed by atoms with Crippen LogP contribution in [0.5, 0.6) is 0 Å². The van der Waals surface area contributed by atoms with Crippen LogP contribution < -0.4 is 0 Å². The number of unbranched alkanes of at least 4 members (excludes halogenated alkanes) is 5. The summed E-state index contributed by atoms with van der Waals surface area (Å²) in [7, 11) is 0. The van der Waals surface area contributed by atoms with Crippen molar-refractivity contribution in [1.29, 1.82) is 0 Å². The molecule has 0 aromatic carbocycles. The van der Waals surface area contributed by atoms with E-state index in [1.807, 2.05) is 13.8 Å². The maximum Gasteiger partial charge on any atom is 0.163 e. The van der Waals surface area contributed by atoms with E-state index in [-0.39, 0.29) is 18.3 Å². The van der Waals surface area contributed by atoms with Gasteiger partial charge in [0.15, 0.2) is 5.79 Å². The Hall–Kier alpha value is 0.320. The molecule has 0 aromatic rings. The maximum atomic E-state index is 6.06. The van der Waals surface area contributed by atoms with E-state index in [1.165, 1.54) is 32.1 Å². The summed E-state index contributed by atoms with van der Waals surface area (Å²) in [5, 5.41) is 1.13. The average Bonchev–Trinajstić information content (AvgIpc) is 3.08. The molecule has 2 rings (SSSR count). The van der Waals surface area contributed by atoms with Crippen LogP contribution in [-0.2, 0) is 18.9 Å². The van der Waals surface area contributed by atoms with Gasteiger partial charge < -0.3 is 18.9 Å². The molecule has 0 N–H and O–H groups in total. The molecule has 0 aromatic heterocycles. The molecule has 22 heavy (non-hydrogen) atoms. The molecule has 2 heterocycles. The van der Waals surface area contributed by atoms with Gasteiger partial charge in [0.25, 0.3) is 0 Å². The third-order valence-electron chi connectivity index (χ3n) is 4.34. The van der Waals surface area contributed by atoms with E-state index in [9.17, 15) is 0 Å². The minimum absolute atomic E-state index is 0.00625. The van der Waals surface area contributed by atoms with Gasteiger partial charge in [-0.1, -0.05) is 41.6 Å². The number of halogens is 1. The highest BCUT2D eigenvalue weighted by Crippen LogP contribution is 2.30. The van der Waals surface area contributed by atoms with Gasteiger partial charge in [-0.3, -0.25) is 0 Å². The van der Waals surface area contributed by atoms with Gasteiger partial charge in [-0.25, -0.2) is 0 Å². The van der Waals surface area contributed by atoms with Crippen LogP contribution in [0.3, 0.4) is 0 Å². The van der Waals surface area contributed by atoms with E-state index >= 15 is 0 Å². The molecule has 2 fully saturated rings. The fraction of sp³-hybridized carbons (Fsp3) is 1.00. The lowest BCUT2D eigenvalue weighted by atomic mass is 10.1. The zero-order valence-electron chi connectivity index (χ0n) is 14.0. The molecule has 3 atom stereocenters. The third kappa shape index (κ3) is 6.08. The molecule has 5 heteroatoms. The molecule has 4 nitrogen and oxygen atoms in total. The highest BCUT2D eigenvalue weighted by molar-refractivity contribution is 9.09. The summed E-state index contributed by atoms with van der Waals surface area (Å²) in [6.45, 7) is 6.11. The predicted molar refractivity (Wildman–Crippen MR) is 90.5 cm³/mol.